The monoisotopic (exact) mass is 248 g/mol. The fourth-order valence-corrected chi connectivity index (χ4v) is 1.97. The van der Waals surface area contributed by atoms with E-state index in [0.29, 0.717) is 11.7 Å². The van der Waals surface area contributed by atoms with E-state index in [1.165, 1.54) is 25.7 Å². The average molecular weight is 248 g/mol. The van der Waals surface area contributed by atoms with Crippen molar-refractivity contribution >= 4 is 11.6 Å². The molecule has 100 valence electrons. The van der Waals surface area contributed by atoms with Crippen LogP contribution in [0.1, 0.15) is 56.8 Å². The molecule has 1 aromatic rings. The van der Waals surface area contributed by atoms with Crippen LogP contribution in [0.25, 0.3) is 0 Å². The summed E-state index contributed by atoms with van der Waals surface area (Å²) in [5.74, 6) is 3.77. The molecule has 0 amide bonds. The second kappa shape index (κ2) is 5.55. The molecule has 1 aliphatic rings. The largest absolute Gasteiger partial charge is 0.383 e. The molecule has 0 spiro atoms. The molecule has 0 atom stereocenters. The normalized spacial score (nSPS) is 15.1. The van der Waals surface area contributed by atoms with Gasteiger partial charge in [0, 0.05) is 18.0 Å². The van der Waals surface area contributed by atoms with E-state index in [2.05, 4.69) is 29.1 Å². The molecule has 1 aromatic heterocycles. The fourth-order valence-electron chi connectivity index (χ4n) is 1.97. The van der Waals surface area contributed by atoms with Crippen molar-refractivity contribution in [2.75, 3.05) is 17.6 Å². The molecule has 18 heavy (non-hydrogen) atoms. The Morgan fingerprint density at radius 2 is 2.06 bits per heavy atom. The van der Waals surface area contributed by atoms with Crippen molar-refractivity contribution in [2.45, 2.75) is 52.4 Å². The van der Waals surface area contributed by atoms with Crippen molar-refractivity contribution in [3.05, 3.63) is 11.4 Å². The first-order valence-corrected chi connectivity index (χ1v) is 6.95. The molecule has 1 aliphatic carbocycles. The Balaban J connectivity index is 1.97. The molecule has 1 fully saturated rings. The SMILES string of the molecule is Cc1c(N)nc(C2CC2)nc1NCCCC(C)C. The summed E-state index contributed by atoms with van der Waals surface area (Å²) in [5, 5.41) is 3.40. The lowest BCUT2D eigenvalue weighted by molar-refractivity contribution is 0.566. The molecular weight excluding hydrogens is 224 g/mol. The molecule has 0 bridgehead atoms. The van der Waals surface area contributed by atoms with Gasteiger partial charge in [-0.25, -0.2) is 9.97 Å². The minimum Gasteiger partial charge on any atom is -0.383 e. The van der Waals surface area contributed by atoms with Crippen molar-refractivity contribution in [1.29, 1.82) is 0 Å². The molecule has 4 heteroatoms. The van der Waals surface area contributed by atoms with E-state index >= 15 is 0 Å². The van der Waals surface area contributed by atoms with Crippen molar-refractivity contribution in [3.63, 3.8) is 0 Å². The lowest BCUT2D eigenvalue weighted by atomic mass is 10.1. The van der Waals surface area contributed by atoms with Gasteiger partial charge in [-0.05, 0) is 38.5 Å². The van der Waals surface area contributed by atoms with Crippen LogP contribution in [-0.4, -0.2) is 16.5 Å². The Morgan fingerprint density at radius 3 is 2.67 bits per heavy atom. The summed E-state index contributed by atoms with van der Waals surface area (Å²) in [7, 11) is 0. The van der Waals surface area contributed by atoms with E-state index in [9.17, 15) is 0 Å². The van der Waals surface area contributed by atoms with Gasteiger partial charge >= 0.3 is 0 Å². The highest BCUT2D eigenvalue weighted by atomic mass is 15.1. The zero-order chi connectivity index (χ0) is 13.1. The molecule has 0 aromatic carbocycles. The van der Waals surface area contributed by atoms with E-state index in [1.807, 2.05) is 6.92 Å². The van der Waals surface area contributed by atoms with Gasteiger partial charge in [0.1, 0.15) is 17.5 Å². The van der Waals surface area contributed by atoms with Crippen LogP contribution >= 0.6 is 0 Å². The quantitative estimate of drug-likeness (QED) is 0.759. The summed E-state index contributed by atoms with van der Waals surface area (Å²) in [5.41, 5.74) is 6.92. The van der Waals surface area contributed by atoms with Crippen LogP contribution in [0.15, 0.2) is 0 Å². The van der Waals surface area contributed by atoms with Crippen molar-refractivity contribution in [1.82, 2.24) is 9.97 Å². The first-order valence-electron chi connectivity index (χ1n) is 6.95. The standard InChI is InChI=1S/C14H24N4/c1-9(2)5-4-8-16-13-10(3)12(15)17-14(18-13)11-6-7-11/h9,11H,4-8H2,1-3H3,(H3,15,16,17,18). The molecule has 1 saturated carbocycles. The number of anilines is 2. The minimum atomic E-state index is 0.545. The predicted octanol–water partition coefficient (Wildman–Crippen LogP) is 3.09. The maximum Gasteiger partial charge on any atom is 0.136 e. The van der Waals surface area contributed by atoms with Gasteiger partial charge < -0.3 is 11.1 Å². The number of nitrogens with zero attached hydrogens (tertiary/aromatic N) is 2. The van der Waals surface area contributed by atoms with Crippen LogP contribution in [0.5, 0.6) is 0 Å². The zero-order valence-electron chi connectivity index (χ0n) is 11.7. The first-order chi connectivity index (χ1) is 8.58. The average Bonchev–Trinajstić information content (AvgIpc) is 3.13. The number of aromatic nitrogens is 2. The third-order valence-corrected chi connectivity index (χ3v) is 3.39. The first kappa shape index (κ1) is 13.1. The van der Waals surface area contributed by atoms with Gasteiger partial charge in [0.05, 0.1) is 0 Å². The number of hydrogen-bond acceptors (Lipinski definition) is 4. The Labute approximate surface area is 109 Å². The molecular formula is C14H24N4. The smallest absolute Gasteiger partial charge is 0.136 e. The van der Waals surface area contributed by atoms with Crippen LogP contribution in [0, 0.1) is 12.8 Å². The predicted molar refractivity (Wildman–Crippen MR) is 75.7 cm³/mol. The fraction of sp³-hybridized carbons (Fsp3) is 0.714. The Kier molecular flexibility index (Phi) is 4.04. The summed E-state index contributed by atoms with van der Waals surface area (Å²) in [6.45, 7) is 7.44. The molecule has 4 nitrogen and oxygen atoms in total. The molecule has 0 radical (unpaired) electrons. The van der Waals surface area contributed by atoms with Crippen molar-refractivity contribution in [3.8, 4) is 0 Å². The van der Waals surface area contributed by atoms with Gasteiger partial charge in [-0.15, -0.1) is 0 Å². The Hall–Kier alpha value is -1.32. The number of rotatable bonds is 6. The van der Waals surface area contributed by atoms with Crippen LogP contribution in [-0.2, 0) is 0 Å². The Morgan fingerprint density at radius 1 is 1.33 bits per heavy atom. The Bertz CT molecular complexity index is 411. The van der Waals surface area contributed by atoms with E-state index in [-0.39, 0.29) is 0 Å². The second-order valence-corrected chi connectivity index (χ2v) is 5.68. The summed E-state index contributed by atoms with van der Waals surface area (Å²) in [6.07, 6.45) is 4.81. The molecule has 1 heterocycles. The van der Waals surface area contributed by atoms with E-state index in [4.69, 9.17) is 5.73 Å². The summed E-state index contributed by atoms with van der Waals surface area (Å²) in [6, 6.07) is 0. The van der Waals surface area contributed by atoms with Crippen LogP contribution in [0.3, 0.4) is 0 Å². The topological polar surface area (TPSA) is 63.8 Å². The van der Waals surface area contributed by atoms with Crippen molar-refractivity contribution in [2.24, 2.45) is 5.92 Å². The third kappa shape index (κ3) is 3.34. The van der Waals surface area contributed by atoms with Gasteiger partial charge in [0.2, 0.25) is 0 Å². The minimum absolute atomic E-state index is 0.545. The van der Waals surface area contributed by atoms with Gasteiger partial charge in [-0.2, -0.15) is 0 Å². The van der Waals surface area contributed by atoms with Gasteiger partial charge in [-0.3, -0.25) is 0 Å². The van der Waals surface area contributed by atoms with Crippen LogP contribution < -0.4 is 11.1 Å². The summed E-state index contributed by atoms with van der Waals surface area (Å²) >= 11 is 0. The molecule has 2 rings (SSSR count). The van der Waals surface area contributed by atoms with Crippen LogP contribution in [0.2, 0.25) is 0 Å². The van der Waals surface area contributed by atoms with Gasteiger partial charge in [0.25, 0.3) is 0 Å². The summed E-state index contributed by atoms with van der Waals surface area (Å²) in [4.78, 5) is 8.99. The second-order valence-electron chi connectivity index (χ2n) is 5.68. The van der Waals surface area contributed by atoms with Gasteiger partial charge in [0.15, 0.2) is 0 Å². The van der Waals surface area contributed by atoms with E-state index < -0.39 is 0 Å². The number of nitrogens with one attached hydrogen (secondary N) is 1. The molecule has 0 saturated heterocycles. The van der Waals surface area contributed by atoms with E-state index in [1.54, 1.807) is 0 Å². The summed E-state index contributed by atoms with van der Waals surface area (Å²) < 4.78 is 0. The molecule has 0 aliphatic heterocycles. The molecule has 3 N–H and O–H groups in total. The highest BCUT2D eigenvalue weighted by molar-refractivity contribution is 5.55. The third-order valence-electron chi connectivity index (χ3n) is 3.39. The lowest BCUT2D eigenvalue weighted by Gasteiger charge is -2.12. The highest BCUT2D eigenvalue weighted by Crippen LogP contribution is 2.39. The lowest BCUT2D eigenvalue weighted by Crippen LogP contribution is -2.10. The maximum absolute atomic E-state index is 5.95. The molecule has 0 unspecified atom stereocenters. The van der Waals surface area contributed by atoms with Crippen molar-refractivity contribution < 1.29 is 0 Å². The van der Waals surface area contributed by atoms with E-state index in [0.717, 1.165) is 29.7 Å². The van der Waals surface area contributed by atoms with Gasteiger partial charge in [-0.1, -0.05) is 13.8 Å². The number of nitrogen functional groups attached to an aromatic ring is 1. The number of nitrogens with two attached hydrogens (primary N) is 1. The maximum atomic E-state index is 5.95. The number of hydrogen-bond donors (Lipinski definition) is 2. The highest BCUT2D eigenvalue weighted by Gasteiger charge is 2.27. The van der Waals surface area contributed by atoms with Crippen LogP contribution in [0.4, 0.5) is 11.6 Å². The zero-order valence-corrected chi connectivity index (χ0v) is 11.7.